The molecule has 2 saturated heterocycles. The first-order valence-corrected chi connectivity index (χ1v) is 13.8. The van der Waals surface area contributed by atoms with Crippen LogP contribution in [-0.2, 0) is 36.8 Å². The Kier molecular flexibility index (Phi) is 9.42. The maximum Gasteiger partial charge on any atom is 0.483 e. The topological polar surface area (TPSA) is 254 Å². The molecule has 3 aliphatic rings. The molecule has 3 heterocycles. The van der Waals surface area contributed by atoms with Crippen molar-refractivity contribution in [1.29, 1.82) is 0 Å². The third kappa shape index (κ3) is 6.74. The summed E-state index contributed by atoms with van der Waals surface area (Å²) in [5.74, 6) is -0.664. The summed E-state index contributed by atoms with van der Waals surface area (Å²) < 4.78 is 48.1. The number of thiol groups is 1. The number of aliphatic hydroxyl groups is 5. The van der Waals surface area contributed by atoms with Crippen molar-refractivity contribution in [2.45, 2.75) is 55.2 Å². The molecule has 0 aromatic carbocycles. The van der Waals surface area contributed by atoms with E-state index < -0.39 is 83.4 Å². The van der Waals surface area contributed by atoms with Crippen LogP contribution in [0.15, 0.2) is 24.7 Å². The molecular formula is C16H26N2O15P2S. The van der Waals surface area contributed by atoms with Gasteiger partial charge in [-0.25, -0.2) is 9.13 Å². The van der Waals surface area contributed by atoms with Crippen LogP contribution in [0.3, 0.4) is 0 Å². The number of phosphoric acid groups is 2. The maximum absolute atomic E-state index is 12.2. The minimum absolute atomic E-state index is 0.0137. The van der Waals surface area contributed by atoms with Crippen molar-refractivity contribution in [3.8, 4) is 0 Å². The van der Waals surface area contributed by atoms with Gasteiger partial charge >= 0.3 is 15.6 Å². The number of phosphoric ester groups is 2. The Bertz CT molecular complexity index is 968. The molecule has 0 aliphatic carbocycles. The minimum atomic E-state index is -5.50. The lowest BCUT2D eigenvalue weighted by Gasteiger charge is -2.39. The maximum atomic E-state index is 12.2. The standard InChI is InChI=1S/C16H26N2O15P2S/c1-6-17-9(19)2-3-18(6)15-13(23)10(20)7(30-15)4-29-34(25,26)33-35(27,28)32-16-14(24)12(22)11(21)8(5-36)31-16/h2-3,7-8,10-16,20-24,36H,1,4-5H2,(H,17,19)(H,25,26)(H,27,28)/t7-,8?,10+,11-,12+,13?,14?,15-,16-/m1/s1. The molecule has 0 aromatic heterocycles. The Labute approximate surface area is 209 Å². The number of hydrogen-bond acceptors (Lipinski definition) is 15. The third-order valence-electron chi connectivity index (χ3n) is 5.27. The molecule has 20 heteroatoms. The molecule has 0 aromatic rings. The average molecular weight is 580 g/mol. The van der Waals surface area contributed by atoms with E-state index in [2.05, 4.69) is 37.9 Å². The molecular weight excluding hydrogens is 554 g/mol. The number of carbonyl (C=O) groups excluding carboxylic acids is 1. The molecule has 11 atom stereocenters. The van der Waals surface area contributed by atoms with Crippen molar-refractivity contribution >= 4 is 34.2 Å². The average Bonchev–Trinajstić information content (AvgIpc) is 3.06. The Morgan fingerprint density at radius 3 is 2.25 bits per heavy atom. The van der Waals surface area contributed by atoms with E-state index in [0.29, 0.717) is 0 Å². The summed E-state index contributed by atoms with van der Waals surface area (Å²) in [6.45, 7) is 2.65. The van der Waals surface area contributed by atoms with Gasteiger partial charge in [-0.15, -0.1) is 0 Å². The normalized spacial score (nSPS) is 40.6. The van der Waals surface area contributed by atoms with Gasteiger partial charge in [-0.1, -0.05) is 6.58 Å². The lowest BCUT2D eigenvalue weighted by atomic mass is 10.0. The Morgan fingerprint density at radius 2 is 1.64 bits per heavy atom. The first-order valence-electron chi connectivity index (χ1n) is 10.1. The van der Waals surface area contributed by atoms with Gasteiger partial charge in [-0.3, -0.25) is 13.8 Å². The second kappa shape index (κ2) is 11.4. The summed E-state index contributed by atoms with van der Waals surface area (Å²) in [7, 11) is -10.9. The van der Waals surface area contributed by atoms with Crippen molar-refractivity contribution in [1.82, 2.24) is 10.2 Å². The fourth-order valence-corrected chi connectivity index (χ4v) is 5.91. The van der Waals surface area contributed by atoms with Crippen LogP contribution in [0, 0.1) is 0 Å². The van der Waals surface area contributed by atoms with Gasteiger partial charge in [0.1, 0.15) is 42.4 Å². The molecule has 3 rings (SSSR count). The van der Waals surface area contributed by atoms with Crippen molar-refractivity contribution in [3.05, 3.63) is 24.7 Å². The molecule has 0 spiro atoms. The highest BCUT2D eigenvalue weighted by Gasteiger charge is 2.50. The molecule has 0 saturated carbocycles. The lowest BCUT2D eigenvalue weighted by molar-refractivity contribution is -0.270. The molecule has 2 fully saturated rings. The van der Waals surface area contributed by atoms with Gasteiger partial charge in [0.15, 0.2) is 12.5 Å². The van der Waals surface area contributed by atoms with E-state index in [-0.39, 0.29) is 11.6 Å². The highest BCUT2D eigenvalue weighted by Crippen LogP contribution is 2.61. The second-order valence-electron chi connectivity index (χ2n) is 7.82. The summed E-state index contributed by atoms with van der Waals surface area (Å²) in [5.41, 5.74) is 0. The predicted octanol–water partition coefficient (Wildman–Crippen LogP) is -3.16. The van der Waals surface area contributed by atoms with E-state index in [1.807, 2.05) is 0 Å². The zero-order chi connectivity index (χ0) is 27.0. The van der Waals surface area contributed by atoms with Gasteiger partial charge in [-0.2, -0.15) is 16.9 Å². The number of ether oxygens (including phenoxy) is 2. The van der Waals surface area contributed by atoms with Gasteiger partial charge in [-0.05, 0) is 0 Å². The highest BCUT2D eigenvalue weighted by atomic mass is 32.1. The van der Waals surface area contributed by atoms with Crippen LogP contribution >= 0.6 is 28.3 Å². The number of rotatable bonds is 9. The molecule has 0 bridgehead atoms. The Balaban J connectivity index is 1.58. The summed E-state index contributed by atoms with van der Waals surface area (Å²) in [6, 6.07) is 0. The van der Waals surface area contributed by atoms with Crippen LogP contribution in [0.2, 0.25) is 0 Å². The number of hydrogen-bond donors (Lipinski definition) is 9. The Morgan fingerprint density at radius 1 is 1.00 bits per heavy atom. The number of nitrogens with one attached hydrogen (secondary N) is 1. The van der Waals surface area contributed by atoms with Gasteiger partial charge in [0.05, 0.1) is 12.7 Å². The molecule has 8 N–H and O–H groups in total. The number of aliphatic hydroxyl groups excluding tert-OH is 5. The smallest absolute Gasteiger partial charge is 0.388 e. The van der Waals surface area contributed by atoms with Crippen LogP contribution in [0.4, 0.5) is 0 Å². The largest absolute Gasteiger partial charge is 0.483 e. The molecule has 206 valence electrons. The molecule has 0 radical (unpaired) electrons. The lowest BCUT2D eigenvalue weighted by Crippen LogP contribution is -2.58. The van der Waals surface area contributed by atoms with Crippen molar-refractivity contribution in [2.75, 3.05) is 12.4 Å². The number of amides is 1. The molecule has 1 amide bonds. The quantitative estimate of drug-likeness (QED) is 0.0963. The van der Waals surface area contributed by atoms with E-state index in [9.17, 15) is 49.2 Å². The van der Waals surface area contributed by atoms with Crippen LogP contribution in [0.25, 0.3) is 0 Å². The zero-order valence-corrected chi connectivity index (χ0v) is 20.8. The van der Waals surface area contributed by atoms with Crippen LogP contribution in [0.5, 0.6) is 0 Å². The summed E-state index contributed by atoms with van der Waals surface area (Å²) in [5, 5.41) is 52.3. The van der Waals surface area contributed by atoms with Crippen LogP contribution < -0.4 is 5.32 Å². The van der Waals surface area contributed by atoms with Gasteiger partial charge in [0.2, 0.25) is 0 Å². The fraction of sp³-hybridized carbons (Fsp3) is 0.688. The minimum Gasteiger partial charge on any atom is -0.388 e. The van der Waals surface area contributed by atoms with E-state index >= 15 is 0 Å². The van der Waals surface area contributed by atoms with Gasteiger partial charge in [0.25, 0.3) is 5.91 Å². The fourth-order valence-electron chi connectivity index (χ4n) is 3.45. The molecule has 17 nitrogen and oxygen atoms in total. The summed E-state index contributed by atoms with van der Waals surface area (Å²) in [6.07, 6.45) is -12.4. The molecule has 3 aliphatic heterocycles. The van der Waals surface area contributed by atoms with E-state index in [1.54, 1.807) is 0 Å². The first-order chi connectivity index (χ1) is 16.7. The molecule has 5 unspecified atom stereocenters. The highest BCUT2D eigenvalue weighted by molar-refractivity contribution is 7.80. The number of carbonyl (C=O) groups is 1. The van der Waals surface area contributed by atoms with Gasteiger partial charge < -0.3 is 55.0 Å². The van der Waals surface area contributed by atoms with Crippen molar-refractivity contribution in [2.24, 2.45) is 0 Å². The van der Waals surface area contributed by atoms with Crippen LogP contribution in [-0.4, -0.2) is 114 Å². The molecule has 36 heavy (non-hydrogen) atoms. The Hall–Kier alpha value is -0.920. The zero-order valence-electron chi connectivity index (χ0n) is 18.2. The second-order valence-corrected chi connectivity index (χ2v) is 11.2. The summed E-state index contributed by atoms with van der Waals surface area (Å²) >= 11 is 3.87. The van der Waals surface area contributed by atoms with Gasteiger partial charge in [0, 0.05) is 18.0 Å². The van der Waals surface area contributed by atoms with E-state index in [1.165, 1.54) is 11.1 Å². The predicted molar refractivity (Wildman–Crippen MR) is 117 cm³/mol. The third-order valence-corrected chi connectivity index (χ3v) is 8.23. The van der Waals surface area contributed by atoms with E-state index in [4.69, 9.17) is 9.47 Å². The SMILES string of the molecule is C=C1NC(=O)C=CN1[C@@H]1O[C@H](COP(=O)(O)OP(=O)(O)O[C@H]2OC(CS)[C@@H](O)[C@H](O)C2O)[C@H](O)C1O. The monoisotopic (exact) mass is 580 g/mol. The van der Waals surface area contributed by atoms with Crippen LogP contribution in [0.1, 0.15) is 0 Å². The summed E-state index contributed by atoms with van der Waals surface area (Å²) in [4.78, 5) is 32.2. The first kappa shape index (κ1) is 29.6. The number of nitrogens with zero attached hydrogens (tertiary/aromatic N) is 1. The van der Waals surface area contributed by atoms with E-state index in [0.717, 1.165) is 6.08 Å². The van der Waals surface area contributed by atoms with Crippen molar-refractivity contribution in [3.63, 3.8) is 0 Å². The van der Waals surface area contributed by atoms with Crippen molar-refractivity contribution < 1.29 is 72.1 Å².